The summed E-state index contributed by atoms with van der Waals surface area (Å²) in [6.45, 7) is 10.3. The van der Waals surface area contributed by atoms with Crippen LogP contribution in [0.15, 0.2) is 6.20 Å². The first-order chi connectivity index (χ1) is 10.1. The first-order valence-corrected chi connectivity index (χ1v) is 7.92. The highest BCUT2D eigenvalue weighted by atomic mass is 16.5. The van der Waals surface area contributed by atoms with Gasteiger partial charge in [-0.2, -0.15) is 0 Å². The molecule has 2 rings (SSSR count). The van der Waals surface area contributed by atoms with Crippen LogP contribution in [0.2, 0.25) is 0 Å². The maximum absolute atomic E-state index is 5.74. The first-order valence-electron chi connectivity index (χ1n) is 7.92. The van der Waals surface area contributed by atoms with E-state index in [4.69, 9.17) is 9.47 Å². The SMILES string of the molecule is CCNC(Cc1ncc(C)c(OC)c1C)C1CCOC1C. The monoisotopic (exact) mass is 292 g/mol. The molecule has 0 aromatic carbocycles. The summed E-state index contributed by atoms with van der Waals surface area (Å²) in [5, 5.41) is 3.62. The van der Waals surface area contributed by atoms with Gasteiger partial charge < -0.3 is 14.8 Å². The zero-order valence-electron chi connectivity index (χ0n) is 13.9. The Labute approximate surface area is 128 Å². The Bertz CT molecular complexity index is 476. The first kappa shape index (κ1) is 16.2. The van der Waals surface area contributed by atoms with Crippen LogP contribution in [-0.2, 0) is 11.2 Å². The molecule has 4 heteroatoms. The average Bonchev–Trinajstić information content (AvgIpc) is 2.88. The Morgan fingerprint density at radius 3 is 2.81 bits per heavy atom. The van der Waals surface area contributed by atoms with Gasteiger partial charge in [0, 0.05) is 48.0 Å². The van der Waals surface area contributed by atoms with Gasteiger partial charge in [-0.05, 0) is 33.7 Å². The molecule has 0 amide bonds. The second kappa shape index (κ2) is 7.23. The van der Waals surface area contributed by atoms with E-state index in [0.717, 1.165) is 48.6 Å². The van der Waals surface area contributed by atoms with Crippen LogP contribution < -0.4 is 10.1 Å². The fourth-order valence-electron chi connectivity index (χ4n) is 3.40. The molecular formula is C17H28N2O2. The summed E-state index contributed by atoms with van der Waals surface area (Å²) in [6, 6.07) is 0.408. The van der Waals surface area contributed by atoms with Crippen LogP contribution in [-0.4, -0.2) is 37.4 Å². The van der Waals surface area contributed by atoms with Crippen molar-refractivity contribution in [3.05, 3.63) is 23.0 Å². The smallest absolute Gasteiger partial charge is 0.128 e. The van der Waals surface area contributed by atoms with Crippen LogP contribution in [0.3, 0.4) is 0 Å². The van der Waals surface area contributed by atoms with Gasteiger partial charge in [-0.1, -0.05) is 6.92 Å². The van der Waals surface area contributed by atoms with Crippen LogP contribution in [0.4, 0.5) is 0 Å². The molecule has 3 unspecified atom stereocenters. The number of ether oxygens (including phenoxy) is 2. The highest BCUT2D eigenvalue weighted by Crippen LogP contribution is 2.29. The number of nitrogens with one attached hydrogen (secondary N) is 1. The van der Waals surface area contributed by atoms with Crippen LogP contribution >= 0.6 is 0 Å². The van der Waals surface area contributed by atoms with E-state index >= 15 is 0 Å². The molecule has 1 aromatic rings. The number of pyridine rings is 1. The molecule has 2 heterocycles. The van der Waals surface area contributed by atoms with Gasteiger partial charge in [0.25, 0.3) is 0 Å². The lowest BCUT2D eigenvalue weighted by Crippen LogP contribution is -2.41. The maximum Gasteiger partial charge on any atom is 0.128 e. The third-order valence-electron chi connectivity index (χ3n) is 4.58. The van der Waals surface area contributed by atoms with E-state index < -0.39 is 0 Å². The van der Waals surface area contributed by atoms with Gasteiger partial charge in [-0.25, -0.2) is 0 Å². The number of hydrogen-bond acceptors (Lipinski definition) is 4. The molecule has 1 saturated heterocycles. The van der Waals surface area contributed by atoms with E-state index in [0.29, 0.717) is 18.1 Å². The summed E-state index contributed by atoms with van der Waals surface area (Å²) >= 11 is 0. The fourth-order valence-corrected chi connectivity index (χ4v) is 3.40. The molecule has 1 aromatic heterocycles. The maximum atomic E-state index is 5.74. The summed E-state index contributed by atoms with van der Waals surface area (Å²) < 4.78 is 11.3. The van der Waals surface area contributed by atoms with E-state index in [-0.39, 0.29) is 0 Å². The van der Waals surface area contributed by atoms with Gasteiger partial charge in [0.15, 0.2) is 0 Å². The van der Waals surface area contributed by atoms with E-state index in [1.807, 2.05) is 13.1 Å². The molecule has 0 saturated carbocycles. The van der Waals surface area contributed by atoms with Gasteiger partial charge in [-0.15, -0.1) is 0 Å². The third kappa shape index (κ3) is 3.55. The van der Waals surface area contributed by atoms with Crippen molar-refractivity contribution in [1.29, 1.82) is 0 Å². The molecule has 1 aliphatic rings. The van der Waals surface area contributed by atoms with Crippen LogP contribution in [0.5, 0.6) is 5.75 Å². The number of aromatic nitrogens is 1. The van der Waals surface area contributed by atoms with E-state index in [2.05, 4.69) is 31.1 Å². The quantitative estimate of drug-likeness (QED) is 0.875. The molecule has 0 bridgehead atoms. The van der Waals surface area contributed by atoms with Crippen molar-refractivity contribution in [3.8, 4) is 5.75 Å². The van der Waals surface area contributed by atoms with Crippen molar-refractivity contribution < 1.29 is 9.47 Å². The minimum absolute atomic E-state index is 0.321. The number of methoxy groups -OCH3 is 1. The topological polar surface area (TPSA) is 43.4 Å². The standard InChI is InChI=1S/C17H28N2O2/c1-6-18-16(14-7-8-21-13(14)4)9-15-12(3)17(20-5)11(2)10-19-15/h10,13-14,16,18H,6-9H2,1-5H3. The van der Waals surface area contributed by atoms with Gasteiger partial charge in [0.05, 0.1) is 13.2 Å². The lowest BCUT2D eigenvalue weighted by atomic mass is 9.89. The van der Waals surface area contributed by atoms with E-state index in [1.54, 1.807) is 7.11 Å². The van der Waals surface area contributed by atoms with Crippen LogP contribution in [0, 0.1) is 19.8 Å². The predicted octanol–water partition coefficient (Wildman–Crippen LogP) is 2.65. The molecular weight excluding hydrogens is 264 g/mol. The summed E-state index contributed by atoms with van der Waals surface area (Å²) in [4.78, 5) is 4.64. The van der Waals surface area contributed by atoms with Crippen LogP contribution in [0.1, 0.15) is 37.1 Å². The van der Waals surface area contributed by atoms with Crippen molar-refractivity contribution in [2.45, 2.75) is 52.7 Å². The molecule has 1 fully saturated rings. The molecule has 1 aliphatic heterocycles. The highest BCUT2D eigenvalue weighted by Gasteiger charge is 2.32. The van der Waals surface area contributed by atoms with Crippen LogP contribution in [0.25, 0.3) is 0 Å². The zero-order chi connectivity index (χ0) is 15.4. The number of aryl methyl sites for hydroxylation is 1. The summed E-state index contributed by atoms with van der Waals surface area (Å²) in [5.41, 5.74) is 3.38. The number of hydrogen-bond donors (Lipinski definition) is 1. The van der Waals surface area contributed by atoms with E-state index in [1.165, 1.54) is 0 Å². The van der Waals surface area contributed by atoms with E-state index in [9.17, 15) is 0 Å². The Hall–Kier alpha value is -1.13. The molecule has 1 N–H and O–H groups in total. The number of nitrogens with zero attached hydrogens (tertiary/aromatic N) is 1. The third-order valence-corrected chi connectivity index (χ3v) is 4.58. The number of rotatable bonds is 6. The van der Waals surface area contributed by atoms with Crippen molar-refractivity contribution in [3.63, 3.8) is 0 Å². The van der Waals surface area contributed by atoms with Crippen molar-refractivity contribution in [1.82, 2.24) is 10.3 Å². The second-order valence-electron chi connectivity index (χ2n) is 5.94. The zero-order valence-corrected chi connectivity index (χ0v) is 13.9. The highest BCUT2D eigenvalue weighted by molar-refractivity contribution is 5.41. The van der Waals surface area contributed by atoms with Gasteiger partial charge in [-0.3, -0.25) is 4.98 Å². The van der Waals surface area contributed by atoms with Crippen molar-refractivity contribution >= 4 is 0 Å². The molecule has 21 heavy (non-hydrogen) atoms. The Morgan fingerprint density at radius 1 is 1.48 bits per heavy atom. The van der Waals surface area contributed by atoms with Gasteiger partial charge in [0.2, 0.25) is 0 Å². The summed E-state index contributed by atoms with van der Waals surface area (Å²) in [5.74, 6) is 1.52. The minimum Gasteiger partial charge on any atom is -0.496 e. The largest absolute Gasteiger partial charge is 0.496 e. The normalized spacial score (nSPS) is 23.3. The Morgan fingerprint density at radius 2 is 2.24 bits per heavy atom. The summed E-state index contributed by atoms with van der Waals surface area (Å²) in [7, 11) is 1.73. The second-order valence-corrected chi connectivity index (χ2v) is 5.94. The Balaban J connectivity index is 2.20. The average molecular weight is 292 g/mol. The lowest BCUT2D eigenvalue weighted by Gasteiger charge is -2.27. The van der Waals surface area contributed by atoms with Gasteiger partial charge in [0.1, 0.15) is 5.75 Å². The fraction of sp³-hybridized carbons (Fsp3) is 0.706. The minimum atomic E-state index is 0.321. The molecule has 0 radical (unpaired) electrons. The molecule has 0 spiro atoms. The lowest BCUT2D eigenvalue weighted by molar-refractivity contribution is 0.0954. The van der Waals surface area contributed by atoms with Gasteiger partial charge >= 0.3 is 0 Å². The molecule has 4 nitrogen and oxygen atoms in total. The molecule has 3 atom stereocenters. The van der Waals surface area contributed by atoms with Crippen molar-refractivity contribution in [2.24, 2.45) is 5.92 Å². The van der Waals surface area contributed by atoms with Crippen molar-refractivity contribution in [2.75, 3.05) is 20.3 Å². The predicted molar refractivity (Wildman–Crippen MR) is 85.0 cm³/mol. The molecule has 118 valence electrons. The summed E-state index contributed by atoms with van der Waals surface area (Å²) in [6.07, 6.45) is 4.29. The molecule has 0 aliphatic carbocycles. The Kier molecular flexibility index (Phi) is 5.59. The number of likely N-dealkylation sites (N-methyl/N-ethyl adjacent to an activating group) is 1.